The van der Waals surface area contributed by atoms with Crippen molar-refractivity contribution in [2.45, 2.75) is 12.8 Å². The third kappa shape index (κ3) is 4.69. The fraction of sp³-hybridized carbons (Fsp3) is 0.421. The van der Waals surface area contributed by atoms with Crippen molar-refractivity contribution in [3.8, 4) is 0 Å². The lowest BCUT2D eigenvalue weighted by atomic mass is 10.1. The number of carbonyl (C=O) groups is 1. The molecule has 2 N–H and O–H groups in total. The van der Waals surface area contributed by atoms with Gasteiger partial charge in [0.2, 0.25) is 0 Å². The van der Waals surface area contributed by atoms with Crippen molar-refractivity contribution in [1.29, 1.82) is 0 Å². The summed E-state index contributed by atoms with van der Waals surface area (Å²) in [6.45, 7) is 5.50. The van der Waals surface area contributed by atoms with E-state index in [1.54, 1.807) is 0 Å². The maximum atomic E-state index is 12.1. The molecule has 0 saturated carbocycles. The lowest BCUT2D eigenvalue weighted by molar-refractivity contribution is 0.0372. The average Bonchev–Trinajstić information content (AvgIpc) is 2.63. The smallest absolute Gasteiger partial charge is 0.319 e. The van der Waals surface area contributed by atoms with Crippen LogP contribution in [-0.4, -0.2) is 50.3 Å². The minimum absolute atomic E-state index is 0.141. The van der Waals surface area contributed by atoms with Crippen molar-refractivity contribution in [2.75, 3.05) is 44.7 Å². The van der Waals surface area contributed by atoms with Gasteiger partial charge in [-0.05, 0) is 30.8 Å². The van der Waals surface area contributed by atoms with Gasteiger partial charge in [-0.1, -0.05) is 36.4 Å². The van der Waals surface area contributed by atoms with Gasteiger partial charge in [-0.3, -0.25) is 4.90 Å². The van der Waals surface area contributed by atoms with Crippen LogP contribution in [0, 0.1) is 0 Å². The third-order valence-electron chi connectivity index (χ3n) is 4.33. The molecule has 2 aromatic rings. The topological polar surface area (TPSA) is 53.6 Å². The Morgan fingerprint density at radius 3 is 2.71 bits per heavy atom. The molecule has 0 bridgehead atoms. The summed E-state index contributed by atoms with van der Waals surface area (Å²) in [5.74, 6) is 0. The van der Waals surface area contributed by atoms with E-state index in [0.29, 0.717) is 6.54 Å². The highest BCUT2D eigenvalue weighted by Crippen LogP contribution is 2.22. The van der Waals surface area contributed by atoms with Crippen LogP contribution < -0.4 is 10.6 Å². The van der Waals surface area contributed by atoms with Crippen LogP contribution in [0.5, 0.6) is 0 Å². The lowest BCUT2D eigenvalue weighted by Gasteiger charge is -2.26. The largest absolute Gasteiger partial charge is 0.379 e. The molecule has 5 nitrogen and oxygen atoms in total. The standard InChI is InChI=1S/C19H25N3O2/c23-19(20-10-3-4-11-22-12-14-24-15-13-22)21-18-9-5-7-16-6-1-2-8-17(16)18/h1-2,5-9H,3-4,10-15H2,(H2,20,21,23). The average molecular weight is 327 g/mol. The zero-order valence-electron chi connectivity index (χ0n) is 14.0. The number of ether oxygens (including phenoxy) is 1. The fourth-order valence-electron chi connectivity index (χ4n) is 2.99. The summed E-state index contributed by atoms with van der Waals surface area (Å²) in [5, 5.41) is 8.07. The molecule has 24 heavy (non-hydrogen) atoms. The van der Waals surface area contributed by atoms with Crippen LogP contribution in [0.3, 0.4) is 0 Å². The number of rotatable bonds is 6. The summed E-state index contributed by atoms with van der Waals surface area (Å²) < 4.78 is 5.34. The van der Waals surface area contributed by atoms with Crippen LogP contribution >= 0.6 is 0 Å². The van der Waals surface area contributed by atoms with Gasteiger partial charge in [0.25, 0.3) is 0 Å². The van der Waals surface area contributed by atoms with Gasteiger partial charge >= 0.3 is 6.03 Å². The van der Waals surface area contributed by atoms with Gasteiger partial charge < -0.3 is 15.4 Å². The number of hydrogen-bond donors (Lipinski definition) is 2. The first-order valence-corrected chi connectivity index (χ1v) is 8.66. The van der Waals surface area contributed by atoms with E-state index in [1.807, 2.05) is 42.5 Å². The zero-order chi connectivity index (χ0) is 16.6. The summed E-state index contributed by atoms with van der Waals surface area (Å²) in [6, 6.07) is 13.8. The van der Waals surface area contributed by atoms with Crippen LogP contribution in [0.25, 0.3) is 10.8 Å². The Balaban J connectivity index is 1.39. The molecule has 1 aliphatic rings. The highest BCUT2D eigenvalue weighted by molar-refractivity contribution is 6.01. The highest BCUT2D eigenvalue weighted by atomic mass is 16.5. The second-order valence-electron chi connectivity index (χ2n) is 6.07. The molecule has 0 spiro atoms. The Morgan fingerprint density at radius 1 is 1.04 bits per heavy atom. The normalized spacial score (nSPS) is 15.3. The van der Waals surface area contributed by atoms with E-state index in [9.17, 15) is 4.79 Å². The summed E-state index contributed by atoms with van der Waals surface area (Å²) in [6.07, 6.45) is 2.08. The number of morpholine rings is 1. The maximum Gasteiger partial charge on any atom is 0.319 e. The monoisotopic (exact) mass is 327 g/mol. The molecule has 3 rings (SSSR count). The Kier molecular flexibility index (Phi) is 6.04. The number of anilines is 1. The molecule has 1 heterocycles. The van der Waals surface area contributed by atoms with Crippen LogP contribution in [0.15, 0.2) is 42.5 Å². The molecular weight excluding hydrogens is 302 g/mol. The van der Waals surface area contributed by atoms with Gasteiger partial charge in [-0.2, -0.15) is 0 Å². The van der Waals surface area contributed by atoms with E-state index >= 15 is 0 Å². The zero-order valence-corrected chi connectivity index (χ0v) is 14.0. The number of nitrogens with one attached hydrogen (secondary N) is 2. The molecule has 128 valence electrons. The van der Waals surface area contributed by atoms with Crippen molar-refractivity contribution in [2.24, 2.45) is 0 Å². The van der Waals surface area contributed by atoms with E-state index < -0.39 is 0 Å². The predicted molar refractivity (Wildman–Crippen MR) is 97.5 cm³/mol. The first-order chi connectivity index (χ1) is 11.8. The molecule has 1 saturated heterocycles. The van der Waals surface area contributed by atoms with Crippen molar-refractivity contribution in [3.63, 3.8) is 0 Å². The number of unbranched alkanes of at least 4 members (excludes halogenated alkanes) is 1. The number of benzene rings is 2. The molecule has 0 aromatic heterocycles. The molecule has 1 aliphatic heterocycles. The molecular formula is C19H25N3O2. The van der Waals surface area contributed by atoms with Crippen LogP contribution in [0.2, 0.25) is 0 Å². The van der Waals surface area contributed by atoms with Crippen LogP contribution in [0.1, 0.15) is 12.8 Å². The molecule has 1 fully saturated rings. The first kappa shape index (κ1) is 16.7. The SMILES string of the molecule is O=C(NCCCCN1CCOCC1)Nc1cccc2ccccc12. The number of urea groups is 1. The van der Waals surface area contributed by atoms with E-state index in [0.717, 1.165) is 62.1 Å². The van der Waals surface area contributed by atoms with Gasteiger partial charge in [0.05, 0.1) is 18.9 Å². The Bertz CT molecular complexity index is 663. The van der Waals surface area contributed by atoms with Crippen molar-refractivity contribution >= 4 is 22.5 Å². The Morgan fingerprint density at radius 2 is 1.83 bits per heavy atom. The molecule has 0 radical (unpaired) electrons. The lowest BCUT2D eigenvalue weighted by Crippen LogP contribution is -2.37. The second-order valence-corrected chi connectivity index (χ2v) is 6.07. The van der Waals surface area contributed by atoms with E-state index in [4.69, 9.17) is 4.74 Å². The quantitative estimate of drug-likeness (QED) is 0.802. The summed E-state index contributed by atoms with van der Waals surface area (Å²) >= 11 is 0. The van der Waals surface area contributed by atoms with Crippen LogP contribution in [-0.2, 0) is 4.74 Å². The summed E-state index contributed by atoms with van der Waals surface area (Å²) in [4.78, 5) is 14.5. The Hall–Kier alpha value is -2.11. The maximum absolute atomic E-state index is 12.1. The number of nitrogens with zero attached hydrogens (tertiary/aromatic N) is 1. The minimum Gasteiger partial charge on any atom is -0.379 e. The predicted octanol–water partition coefficient (Wildman–Crippen LogP) is 3.07. The van der Waals surface area contributed by atoms with E-state index in [1.165, 1.54) is 0 Å². The van der Waals surface area contributed by atoms with Crippen molar-refractivity contribution in [1.82, 2.24) is 10.2 Å². The summed E-state index contributed by atoms with van der Waals surface area (Å²) in [7, 11) is 0. The second kappa shape index (κ2) is 8.66. The molecule has 0 atom stereocenters. The summed E-state index contributed by atoms with van der Waals surface area (Å²) in [5.41, 5.74) is 0.846. The van der Waals surface area contributed by atoms with Crippen molar-refractivity contribution in [3.05, 3.63) is 42.5 Å². The number of carbonyl (C=O) groups excluding carboxylic acids is 1. The van der Waals surface area contributed by atoms with Gasteiger partial charge in [-0.25, -0.2) is 4.79 Å². The number of fused-ring (bicyclic) bond motifs is 1. The van der Waals surface area contributed by atoms with Gasteiger partial charge in [0.15, 0.2) is 0 Å². The molecule has 2 amide bonds. The number of amides is 2. The molecule has 5 heteroatoms. The van der Waals surface area contributed by atoms with Crippen molar-refractivity contribution < 1.29 is 9.53 Å². The molecule has 0 unspecified atom stereocenters. The Labute approximate surface area is 143 Å². The van der Waals surface area contributed by atoms with Crippen LogP contribution in [0.4, 0.5) is 10.5 Å². The van der Waals surface area contributed by atoms with Gasteiger partial charge in [0, 0.05) is 25.0 Å². The van der Waals surface area contributed by atoms with Gasteiger partial charge in [0.1, 0.15) is 0 Å². The first-order valence-electron chi connectivity index (χ1n) is 8.66. The molecule has 2 aromatic carbocycles. The van der Waals surface area contributed by atoms with E-state index in [-0.39, 0.29) is 6.03 Å². The van der Waals surface area contributed by atoms with E-state index in [2.05, 4.69) is 15.5 Å². The highest BCUT2D eigenvalue weighted by Gasteiger charge is 2.09. The fourth-order valence-corrected chi connectivity index (χ4v) is 2.99. The van der Waals surface area contributed by atoms with Gasteiger partial charge in [-0.15, -0.1) is 0 Å². The third-order valence-corrected chi connectivity index (χ3v) is 4.33. The molecule has 0 aliphatic carbocycles. The number of hydrogen-bond acceptors (Lipinski definition) is 3. The minimum atomic E-state index is -0.141.